The van der Waals surface area contributed by atoms with E-state index in [1.54, 1.807) is 18.0 Å². The SMILES string of the molecule is CN(Cc1ccon1)C(=O)NC1[C@H]2COC[C@@H]12. The zero-order chi connectivity index (χ0) is 11.8. The van der Waals surface area contributed by atoms with Crippen LogP contribution in [0.25, 0.3) is 0 Å². The first kappa shape index (κ1) is 10.6. The topological polar surface area (TPSA) is 67.6 Å². The van der Waals surface area contributed by atoms with Crippen molar-refractivity contribution in [3.63, 3.8) is 0 Å². The number of ether oxygens (including phenoxy) is 1. The molecule has 1 unspecified atom stereocenters. The monoisotopic (exact) mass is 237 g/mol. The van der Waals surface area contributed by atoms with Gasteiger partial charge in [0.25, 0.3) is 0 Å². The van der Waals surface area contributed by atoms with Crippen LogP contribution in [-0.4, -0.2) is 42.4 Å². The fourth-order valence-electron chi connectivity index (χ4n) is 2.34. The lowest BCUT2D eigenvalue weighted by Crippen LogP contribution is -2.40. The van der Waals surface area contributed by atoms with Gasteiger partial charge in [-0.15, -0.1) is 0 Å². The summed E-state index contributed by atoms with van der Waals surface area (Å²) in [7, 11) is 1.75. The smallest absolute Gasteiger partial charge is 0.317 e. The van der Waals surface area contributed by atoms with E-state index in [1.165, 1.54) is 6.26 Å². The molecule has 17 heavy (non-hydrogen) atoms. The molecule has 0 aromatic carbocycles. The maximum Gasteiger partial charge on any atom is 0.317 e. The lowest BCUT2D eigenvalue weighted by atomic mass is 10.4. The van der Waals surface area contributed by atoms with Crippen LogP contribution in [0.3, 0.4) is 0 Å². The summed E-state index contributed by atoms with van der Waals surface area (Å²) in [6.07, 6.45) is 1.50. The zero-order valence-electron chi connectivity index (χ0n) is 9.63. The van der Waals surface area contributed by atoms with Gasteiger partial charge in [0.15, 0.2) is 0 Å². The van der Waals surface area contributed by atoms with Crippen LogP contribution in [0.1, 0.15) is 5.69 Å². The number of aromatic nitrogens is 1. The number of rotatable bonds is 3. The second-order valence-electron chi connectivity index (χ2n) is 4.69. The quantitative estimate of drug-likeness (QED) is 0.829. The first-order valence-corrected chi connectivity index (χ1v) is 5.74. The third-order valence-electron chi connectivity index (χ3n) is 3.48. The highest BCUT2D eigenvalue weighted by Gasteiger charge is 2.54. The highest BCUT2D eigenvalue weighted by Crippen LogP contribution is 2.44. The summed E-state index contributed by atoms with van der Waals surface area (Å²) in [5, 5.41) is 6.79. The van der Waals surface area contributed by atoms with Gasteiger partial charge >= 0.3 is 6.03 Å². The summed E-state index contributed by atoms with van der Waals surface area (Å²) >= 11 is 0. The molecule has 0 radical (unpaired) electrons. The molecule has 1 aromatic heterocycles. The van der Waals surface area contributed by atoms with Crippen molar-refractivity contribution in [3.05, 3.63) is 18.0 Å². The third kappa shape index (κ3) is 2.00. The lowest BCUT2D eigenvalue weighted by molar-refractivity contribution is 0.153. The number of carbonyl (C=O) groups excluding carboxylic acids is 1. The average molecular weight is 237 g/mol. The van der Waals surface area contributed by atoms with Crippen molar-refractivity contribution in [1.29, 1.82) is 0 Å². The van der Waals surface area contributed by atoms with E-state index < -0.39 is 0 Å². The van der Waals surface area contributed by atoms with E-state index in [4.69, 9.17) is 9.26 Å². The minimum atomic E-state index is -0.0626. The molecule has 2 fully saturated rings. The average Bonchev–Trinajstić information content (AvgIpc) is 2.81. The van der Waals surface area contributed by atoms with Gasteiger partial charge in [-0.25, -0.2) is 4.79 Å². The Labute approximate surface area is 98.9 Å². The molecule has 1 saturated carbocycles. The van der Waals surface area contributed by atoms with Gasteiger partial charge in [0.2, 0.25) is 0 Å². The molecule has 6 nitrogen and oxygen atoms in total. The van der Waals surface area contributed by atoms with Gasteiger partial charge in [-0.2, -0.15) is 0 Å². The molecule has 1 aliphatic carbocycles. The van der Waals surface area contributed by atoms with Crippen LogP contribution in [0.15, 0.2) is 16.9 Å². The predicted molar refractivity (Wildman–Crippen MR) is 58.1 cm³/mol. The van der Waals surface area contributed by atoms with Crippen molar-refractivity contribution >= 4 is 6.03 Å². The normalized spacial score (nSPS) is 29.8. The highest BCUT2D eigenvalue weighted by molar-refractivity contribution is 5.74. The van der Waals surface area contributed by atoms with Gasteiger partial charge in [0, 0.05) is 31.0 Å². The molecule has 1 aromatic rings. The first-order valence-electron chi connectivity index (χ1n) is 5.74. The molecule has 3 rings (SSSR count). The Hall–Kier alpha value is -1.56. The van der Waals surface area contributed by atoms with Gasteiger partial charge in [0.05, 0.1) is 19.8 Å². The van der Waals surface area contributed by atoms with Crippen molar-refractivity contribution in [2.24, 2.45) is 11.8 Å². The summed E-state index contributed by atoms with van der Waals surface area (Å²) in [5.41, 5.74) is 0.752. The Morgan fingerprint density at radius 1 is 1.59 bits per heavy atom. The molecule has 6 heteroatoms. The van der Waals surface area contributed by atoms with E-state index in [2.05, 4.69) is 10.5 Å². The van der Waals surface area contributed by atoms with E-state index in [0.29, 0.717) is 24.4 Å². The second kappa shape index (κ2) is 4.03. The number of nitrogens with zero attached hydrogens (tertiary/aromatic N) is 2. The molecule has 0 spiro atoms. The maximum atomic E-state index is 11.9. The Morgan fingerprint density at radius 3 is 3.00 bits per heavy atom. The summed E-state index contributed by atoms with van der Waals surface area (Å²) in [5.74, 6) is 1.05. The summed E-state index contributed by atoms with van der Waals surface area (Å²) in [4.78, 5) is 13.5. The largest absolute Gasteiger partial charge is 0.381 e. The minimum Gasteiger partial charge on any atom is -0.381 e. The van der Waals surface area contributed by atoms with Crippen molar-refractivity contribution in [1.82, 2.24) is 15.4 Å². The molecule has 2 heterocycles. The summed E-state index contributed by atoms with van der Waals surface area (Å²) < 4.78 is 10.0. The van der Waals surface area contributed by atoms with E-state index in [1.807, 2.05) is 0 Å². The molecule has 2 amide bonds. The molecule has 1 saturated heterocycles. The molecule has 3 atom stereocenters. The predicted octanol–water partition coefficient (Wildman–Crippen LogP) is 0.461. The maximum absolute atomic E-state index is 11.9. The van der Waals surface area contributed by atoms with Gasteiger partial charge in [0.1, 0.15) is 12.0 Å². The van der Waals surface area contributed by atoms with Gasteiger partial charge in [-0.3, -0.25) is 0 Å². The van der Waals surface area contributed by atoms with Gasteiger partial charge in [-0.05, 0) is 0 Å². The van der Waals surface area contributed by atoms with Crippen LogP contribution in [0.5, 0.6) is 0 Å². The van der Waals surface area contributed by atoms with Crippen LogP contribution in [0.2, 0.25) is 0 Å². The van der Waals surface area contributed by atoms with Crippen LogP contribution in [-0.2, 0) is 11.3 Å². The van der Waals surface area contributed by atoms with Gasteiger partial charge < -0.3 is 19.5 Å². The standard InChI is InChI=1S/C11H15N3O3/c1-14(4-7-2-3-17-13-7)11(15)12-10-8-5-16-6-9(8)10/h2-3,8-10H,4-6H2,1H3,(H,12,15)/t8-,9+,10?. The van der Waals surface area contributed by atoms with Crippen molar-refractivity contribution in [3.8, 4) is 0 Å². The fraction of sp³-hybridized carbons (Fsp3) is 0.636. The number of carbonyl (C=O) groups is 1. The van der Waals surface area contributed by atoms with E-state index in [9.17, 15) is 4.79 Å². The Kier molecular flexibility index (Phi) is 2.51. The number of urea groups is 1. The van der Waals surface area contributed by atoms with E-state index in [0.717, 1.165) is 18.9 Å². The summed E-state index contributed by atoms with van der Waals surface area (Å²) in [6, 6.07) is 1.99. The fourth-order valence-corrected chi connectivity index (χ4v) is 2.34. The molecular weight excluding hydrogens is 222 g/mol. The molecule has 0 bridgehead atoms. The number of fused-ring (bicyclic) bond motifs is 1. The van der Waals surface area contributed by atoms with Crippen molar-refractivity contribution < 1.29 is 14.1 Å². The number of amides is 2. The minimum absolute atomic E-state index is 0.0626. The van der Waals surface area contributed by atoms with E-state index >= 15 is 0 Å². The molecule has 1 N–H and O–H groups in total. The van der Waals surface area contributed by atoms with E-state index in [-0.39, 0.29) is 6.03 Å². The van der Waals surface area contributed by atoms with Crippen LogP contribution >= 0.6 is 0 Å². The van der Waals surface area contributed by atoms with Crippen LogP contribution in [0.4, 0.5) is 4.79 Å². The zero-order valence-corrected chi connectivity index (χ0v) is 9.63. The Bertz CT molecular complexity index is 396. The molecule has 92 valence electrons. The first-order chi connectivity index (χ1) is 8.25. The van der Waals surface area contributed by atoms with Crippen molar-refractivity contribution in [2.75, 3.05) is 20.3 Å². The number of hydrogen-bond acceptors (Lipinski definition) is 4. The third-order valence-corrected chi connectivity index (χ3v) is 3.48. The lowest BCUT2D eigenvalue weighted by Gasteiger charge is -2.17. The number of nitrogens with one attached hydrogen (secondary N) is 1. The second-order valence-corrected chi connectivity index (χ2v) is 4.69. The van der Waals surface area contributed by atoms with Crippen molar-refractivity contribution in [2.45, 2.75) is 12.6 Å². The van der Waals surface area contributed by atoms with Gasteiger partial charge in [-0.1, -0.05) is 5.16 Å². The molecule has 2 aliphatic rings. The summed E-state index contributed by atoms with van der Waals surface area (Å²) in [6.45, 7) is 2.02. The Morgan fingerprint density at radius 2 is 2.35 bits per heavy atom. The molecule has 1 aliphatic heterocycles. The highest BCUT2D eigenvalue weighted by atomic mass is 16.5. The van der Waals surface area contributed by atoms with Crippen LogP contribution in [0, 0.1) is 11.8 Å². The Balaban J connectivity index is 1.49. The molecular formula is C11H15N3O3. The number of hydrogen-bond donors (Lipinski definition) is 1. The van der Waals surface area contributed by atoms with Crippen LogP contribution < -0.4 is 5.32 Å².